The second-order valence-corrected chi connectivity index (χ2v) is 8.56. The summed E-state index contributed by atoms with van der Waals surface area (Å²) in [5.41, 5.74) is 0.671. The predicted molar refractivity (Wildman–Crippen MR) is 120 cm³/mol. The average molecular weight is 447 g/mol. The number of nitrogens with one attached hydrogen (secondary N) is 2. The van der Waals surface area contributed by atoms with E-state index in [-0.39, 0.29) is 11.9 Å². The van der Waals surface area contributed by atoms with Crippen LogP contribution in [0.15, 0.2) is 18.2 Å². The lowest BCUT2D eigenvalue weighted by Crippen LogP contribution is -2.53. The summed E-state index contributed by atoms with van der Waals surface area (Å²) in [6, 6.07) is 6.05. The monoisotopic (exact) mass is 446 g/mol. The van der Waals surface area contributed by atoms with Crippen molar-refractivity contribution >= 4 is 17.6 Å². The van der Waals surface area contributed by atoms with Crippen molar-refractivity contribution in [3.63, 3.8) is 0 Å². The molecule has 0 spiro atoms. The number of hydrogen-bond acceptors (Lipinski definition) is 6. The van der Waals surface area contributed by atoms with E-state index in [0.717, 1.165) is 58.5 Å². The first-order valence-corrected chi connectivity index (χ1v) is 11.6. The van der Waals surface area contributed by atoms with E-state index in [9.17, 15) is 9.59 Å². The van der Waals surface area contributed by atoms with Crippen molar-refractivity contribution in [3.8, 4) is 11.5 Å². The number of carbonyl (C=O) groups is 2. The molecule has 4 rings (SSSR count). The maximum Gasteiger partial charge on any atom is 0.319 e. The fourth-order valence-corrected chi connectivity index (χ4v) is 4.79. The first kappa shape index (κ1) is 22.7. The number of hydrogen-bond donors (Lipinski definition) is 2. The summed E-state index contributed by atoms with van der Waals surface area (Å²) in [5, 5.41) is 5.86. The molecule has 1 aromatic carbocycles. The van der Waals surface area contributed by atoms with Gasteiger partial charge < -0.3 is 29.7 Å². The average Bonchev–Trinajstić information content (AvgIpc) is 2.82. The summed E-state index contributed by atoms with van der Waals surface area (Å²) in [6.07, 6.45) is 3.97. The van der Waals surface area contributed by atoms with Gasteiger partial charge in [0.25, 0.3) is 0 Å². The van der Waals surface area contributed by atoms with Gasteiger partial charge in [-0.1, -0.05) is 0 Å². The van der Waals surface area contributed by atoms with Gasteiger partial charge in [0.1, 0.15) is 13.2 Å². The number of benzene rings is 1. The van der Waals surface area contributed by atoms with Crippen LogP contribution in [0.4, 0.5) is 10.5 Å². The minimum absolute atomic E-state index is 0.151. The van der Waals surface area contributed by atoms with Crippen molar-refractivity contribution in [1.29, 1.82) is 0 Å². The van der Waals surface area contributed by atoms with E-state index in [2.05, 4.69) is 15.5 Å². The number of likely N-dealkylation sites (tertiary alicyclic amines) is 1. The Morgan fingerprint density at radius 1 is 1.00 bits per heavy atom. The molecule has 0 aromatic heterocycles. The van der Waals surface area contributed by atoms with E-state index >= 15 is 0 Å². The fourth-order valence-electron chi connectivity index (χ4n) is 4.79. The first-order valence-electron chi connectivity index (χ1n) is 11.6. The Labute approximate surface area is 189 Å². The second-order valence-electron chi connectivity index (χ2n) is 8.56. The van der Waals surface area contributed by atoms with E-state index < -0.39 is 0 Å². The van der Waals surface area contributed by atoms with Gasteiger partial charge in [-0.25, -0.2) is 4.79 Å². The van der Waals surface area contributed by atoms with Crippen LogP contribution in [0, 0.1) is 0 Å². The summed E-state index contributed by atoms with van der Waals surface area (Å²) in [4.78, 5) is 28.6. The molecule has 3 aliphatic heterocycles. The molecule has 9 nitrogen and oxygen atoms in total. The summed E-state index contributed by atoms with van der Waals surface area (Å²) in [5.74, 6) is 1.50. The van der Waals surface area contributed by atoms with Crippen LogP contribution < -0.4 is 20.1 Å². The molecule has 2 N–H and O–H groups in total. The SMILES string of the molecule is CC(=O)N1CCC(N(CCNC(=O)Nc2ccc3c(c2)OCCO3)C2CCOCC2)CC1. The van der Waals surface area contributed by atoms with Crippen molar-refractivity contribution in [1.82, 2.24) is 15.1 Å². The van der Waals surface area contributed by atoms with Gasteiger partial charge in [0.2, 0.25) is 5.91 Å². The molecule has 0 atom stereocenters. The molecule has 1 aromatic rings. The maximum atomic E-state index is 12.5. The Bertz CT molecular complexity index is 791. The number of anilines is 1. The van der Waals surface area contributed by atoms with Crippen molar-refractivity contribution in [2.45, 2.75) is 44.7 Å². The highest BCUT2D eigenvalue weighted by atomic mass is 16.6. The normalized spacial score (nSPS) is 19.6. The number of amides is 3. The molecular weight excluding hydrogens is 412 g/mol. The van der Waals surface area contributed by atoms with Crippen LogP contribution in [0.5, 0.6) is 11.5 Å². The Balaban J connectivity index is 1.28. The summed E-state index contributed by atoms with van der Waals surface area (Å²) in [6.45, 7) is 7.20. The van der Waals surface area contributed by atoms with Crippen LogP contribution in [0.2, 0.25) is 0 Å². The van der Waals surface area contributed by atoms with Crippen LogP contribution in [0.3, 0.4) is 0 Å². The van der Waals surface area contributed by atoms with E-state index in [1.807, 2.05) is 17.0 Å². The van der Waals surface area contributed by atoms with Crippen molar-refractivity contribution in [3.05, 3.63) is 18.2 Å². The Morgan fingerprint density at radius 2 is 1.69 bits per heavy atom. The number of fused-ring (bicyclic) bond motifs is 1. The van der Waals surface area contributed by atoms with Gasteiger partial charge in [-0.2, -0.15) is 0 Å². The van der Waals surface area contributed by atoms with Crippen LogP contribution in [-0.4, -0.2) is 86.4 Å². The van der Waals surface area contributed by atoms with Crippen molar-refractivity contribution in [2.24, 2.45) is 0 Å². The second kappa shape index (κ2) is 10.9. The third kappa shape index (κ3) is 5.83. The van der Waals surface area contributed by atoms with Gasteiger partial charge in [0.15, 0.2) is 11.5 Å². The predicted octanol–water partition coefficient (Wildman–Crippen LogP) is 2.07. The van der Waals surface area contributed by atoms with E-state index in [1.165, 1.54) is 0 Å². The highest BCUT2D eigenvalue weighted by Gasteiger charge is 2.31. The lowest BCUT2D eigenvalue weighted by atomic mass is 9.98. The molecular formula is C23H34N4O5. The van der Waals surface area contributed by atoms with Crippen molar-refractivity contribution in [2.75, 3.05) is 57.9 Å². The van der Waals surface area contributed by atoms with Crippen LogP contribution in [0.1, 0.15) is 32.6 Å². The molecule has 0 saturated carbocycles. The molecule has 3 amide bonds. The molecule has 3 aliphatic rings. The van der Waals surface area contributed by atoms with Gasteiger partial charge in [0, 0.05) is 70.2 Å². The first-order chi connectivity index (χ1) is 15.6. The molecule has 0 aliphatic carbocycles. The number of carbonyl (C=O) groups excluding carboxylic acids is 2. The maximum absolute atomic E-state index is 12.5. The zero-order chi connectivity index (χ0) is 22.3. The third-order valence-corrected chi connectivity index (χ3v) is 6.49. The largest absolute Gasteiger partial charge is 0.486 e. The smallest absolute Gasteiger partial charge is 0.319 e. The lowest BCUT2D eigenvalue weighted by molar-refractivity contribution is -0.130. The number of ether oxygens (including phenoxy) is 3. The molecule has 0 bridgehead atoms. The van der Waals surface area contributed by atoms with Crippen LogP contribution in [-0.2, 0) is 9.53 Å². The van der Waals surface area contributed by atoms with Crippen molar-refractivity contribution < 1.29 is 23.8 Å². The van der Waals surface area contributed by atoms with Crippen LogP contribution >= 0.6 is 0 Å². The minimum Gasteiger partial charge on any atom is -0.486 e. The zero-order valence-corrected chi connectivity index (χ0v) is 18.8. The van der Waals surface area contributed by atoms with Gasteiger partial charge in [-0.05, 0) is 37.8 Å². The molecule has 3 heterocycles. The highest BCUT2D eigenvalue weighted by molar-refractivity contribution is 5.89. The summed E-state index contributed by atoms with van der Waals surface area (Å²) >= 11 is 0. The molecule has 9 heteroatoms. The standard InChI is InChI=1S/C23H34N4O5/c1-17(28)26-9-4-19(5-10-26)27(20-6-12-30-13-7-20)11-8-24-23(29)25-18-2-3-21-22(16-18)32-15-14-31-21/h2-3,16,19-20H,4-15H2,1H3,(H2,24,25,29). The van der Waals surface area contributed by atoms with E-state index in [1.54, 1.807) is 13.0 Å². The fraction of sp³-hybridized carbons (Fsp3) is 0.652. The number of rotatable bonds is 6. The van der Waals surface area contributed by atoms with Gasteiger partial charge in [0.05, 0.1) is 0 Å². The third-order valence-electron chi connectivity index (χ3n) is 6.49. The highest BCUT2D eigenvalue weighted by Crippen LogP contribution is 2.32. The minimum atomic E-state index is -0.236. The molecule has 2 fully saturated rings. The Hall–Kier alpha value is -2.52. The van der Waals surface area contributed by atoms with E-state index in [0.29, 0.717) is 49.0 Å². The topological polar surface area (TPSA) is 92.4 Å². The number of piperidine rings is 1. The quantitative estimate of drug-likeness (QED) is 0.695. The van der Waals surface area contributed by atoms with Gasteiger partial charge in [-0.15, -0.1) is 0 Å². The zero-order valence-electron chi connectivity index (χ0n) is 18.8. The molecule has 2 saturated heterocycles. The van der Waals surface area contributed by atoms with Gasteiger partial charge >= 0.3 is 6.03 Å². The lowest BCUT2D eigenvalue weighted by Gasteiger charge is -2.43. The Kier molecular flexibility index (Phi) is 7.70. The van der Waals surface area contributed by atoms with E-state index in [4.69, 9.17) is 14.2 Å². The van der Waals surface area contributed by atoms with Crippen LogP contribution in [0.25, 0.3) is 0 Å². The molecule has 0 unspecified atom stereocenters. The molecule has 176 valence electrons. The number of nitrogens with zero attached hydrogens (tertiary/aromatic N) is 2. The summed E-state index contributed by atoms with van der Waals surface area (Å²) in [7, 11) is 0. The Morgan fingerprint density at radius 3 is 2.41 bits per heavy atom. The summed E-state index contributed by atoms with van der Waals surface area (Å²) < 4.78 is 16.7. The molecule has 0 radical (unpaired) electrons. The molecule has 32 heavy (non-hydrogen) atoms. The van der Waals surface area contributed by atoms with Gasteiger partial charge in [-0.3, -0.25) is 9.69 Å². The number of urea groups is 1.